The SMILES string of the molecule is CCCC(OC)c1noc(C2(CC)CCNCC2)n1. The molecule has 5 nitrogen and oxygen atoms in total. The van der Waals surface area contributed by atoms with Crippen LogP contribution in [-0.2, 0) is 10.2 Å². The zero-order chi connectivity index (χ0) is 13.7. The molecule has 1 unspecified atom stereocenters. The molecule has 19 heavy (non-hydrogen) atoms. The number of rotatable bonds is 6. The maximum Gasteiger partial charge on any atom is 0.233 e. The number of ether oxygens (including phenoxy) is 1. The third-order valence-electron chi connectivity index (χ3n) is 4.26. The van der Waals surface area contributed by atoms with Crippen molar-refractivity contribution in [3.8, 4) is 0 Å². The summed E-state index contributed by atoms with van der Waals surface area (Å²) in [5, 5.41) is 7.53. The quantitative estimate of drug-likeness (QED) is 0.858. The minimum Gasteiger partial charge on any atom is -0.373 e. The van der Waals surface area contributed by atoms with Crippen LogP contribution >= 0.6 is 0 Å². The molecule has 1 fully saturated rings. The third-order valence-corrected chi connectivity index (χ3v) is 4.26. The van der Waals surface area contributed by atoms with Crippen LogP contribution in [0.2, 0.25) is 0 Å². The highest BCUT2D eigenvalue weighted by Crippen LogP contribution is 2.36. The van der Waals surface area contributed by atoms with Crippen LogP contribution in [-0.4, -0.2) is 30.3 Å². The summed E-state index contributed by atoms with van der Waals surface area (Å²) in [5.41, 5.74) is 0.0566. The van der Waals surface area contributed by atoms with Gasteiger partial charge < -0.3 is 14.6 Å². The molecular formula is C14H25N3O2. The number of nitrogens with one attached hydrogen (secondary N) is 1. The fourth-order valence-electron chi connectivity index (χ4n) is 2.82. The van der Waals surface area contributed by atoms with E-state index in [2.05, 4.69) is 29.3 Å². The molecule has 1 aliphatic rings. The van der Waals surface area contributed by atoms with Crippen molar-refractivity contribution in [2.75, 3.05) is 20.2 Å². The molecule has 0 saturated carbocycles. The lowest BCUT2D eigenvalue weighted by atomic mass is 9.76. The van der Waals surface area contributed by atoms with E-state index < -0.39 is 0 Å². The van der Waals surface area contributed by atoms with Crippen LogP contribution in [0.3, 0.4) is 0 Å². The Bertz CT molecular complexity index is 386. The van der Waals surface area contributed by atoms with Crippen LogP contribution in [0.4, 0.5) is 0 Å². The van der Waals surface area contributed by atoms with Gasteiger partial charge in [0.05, 0.1) is 5.41 Å². The van der Waals surface area contributed by atoms with Crippen molar-refractivity contribution in [2.45, 2.75) is 57.5 Å². The minimum absolute atomic E-state index is 0.0434. The molecule has 5 heteroatoms. The van der Waals surface area contributed by atoms with E-state index in [0.29, 0.717) is 5.82 Å². The first kappa shape index (κ1) is 14.5. The normalized spacial score (nSPS) is 20.4. The van der Waals surface area contributed by atoms with Gasteiger partial charge in [-0.05, 0) is 38.8 Å². The standard InChI is InChI=1S/C14H25N3O2/c1-4-6-11(18-3)12-16-13(19-17-12)14(5-2)7-9-15-10-8-14/h11,15H,4-10H2,1-3H3. The van der Waals surface area contributed by atoms with Crippen molar-refractivity contribution in [3.63, 3.8) is 0 Å². The first-order valence-corrected chi connectivity index (χ1v) is 7.33. The van der Waals surface area contributed by atoms with Gasteiger partial charge in [-0.15, -0.1) is 0 Å². The van der Waals surface area contributed by atoms with E-state index in [0.717, 1.165) is 51.1 Å². The summed E-state index contributed by atoms with van der Waals surface area (Å²) in [7, 11) is 1.70. The van der Waals surface area contributed by atoms with E-state index in [4.69, 9.17) is 9.26 Å². The van der Waals surface area contributed by atoms with Crippen LogP contribution in [0, 0.1) is 0 Å². The second kappa shape index (κ2) is 6.48. The Labute approximate surface area is 115 Å². The van der Waals surface area contributed by atoms with E-state index in [1.807, 2.05) is 0 Å². The average Bonchev–Trinajstić information content (AvgIpc) is 2.95. The lowest BCUT2D eigenvalue weighted by molar-refractivity contribution is 0.0854. The molecule has 1 N–H and O–H groups in total. The molecule has 0 amide bonds. The Morgan fingerprint density at radius 3 is 2.68 bits per heavy atom. The lowest BCUT2D eigenvalue weighted by Crippen LogP contribution is -2.39. The Morgan fingerprint density at radius 2 is 2.11 bits per heavy atom. The fraction of sp³-hybridized carbons (Fsp3) is 0.857. The molecule has 1 aromatic rings. The number of nitrogens with zero attached hydrogens (tertiary/aromatic N) is 2. The monoisotopic (exact) mass is 267 g/mol. The molecule has 0 aromatic carbocycles. The van der Waals surface area contributed by atoms with Gasteiger partial charge in [0.15, 0.2) is 0 Å². The highest BCUT2D eigenvalue weighted by Gasteiger charge is 2.38. The number of piperidine rings is 1. The zero-order valence-electron chi connectivity index (χ0n) is 12.2. The molecule has 108 valence electrons. The van der Waals surface area contributed by atoms with Gasteiger partial charge in [-0.2, -0.15) is 4.98 Å². The average molecular weight is 267 g/mol. The van der Waals surface area contributed by atoms with E-state index in [1.54, 1.807) is 7.11 Å². The van der Waals surface area contributed by atoms with Crippen molar-refractivity contribution >= 4 is 0 Å². The Balaban J connectivity index is 2.18. The van der Waals surface area contributed by atoms with E-state index in [-0.39, 0.29) is 11.5 Å². The van der Waals surface area contributed by atoms with Crippen LogP contribution in [0.5, 0.6) is 0 Å². The molecule has 0 bridgehead atoms. The number of hydrogen-bond acceptors (Lipinski definition) is 5. The van der Waals surface area contributed by atoms with Crippen LogP contribution in [0.1, 0.15) is 63.8 Å². The molecule has 0 radical (unpaired) electrons. The summed E-state index contributed by atoms with van der Waals surface area (Å²) < 4.78 is 11.0. The van der Waals surface area contributed by atoms with Gasteiger partial charge in [-0.3, -0.25) is 0 Å². The third kappa shape index (κ3) is 2.98. The highest BCUT2D eigenvalue weighted by atomic mass is 16.5. The predicted octanol–water partition coefficient (Wildman–Crippen LogP) is 2.59. The van der Waals surface area contributed by atoms with Crippen molar-refractivity contribution in [1.29, 1.82) is 0 Å². The molecule has 0 spiro atoms. The molecule has 2 heterocycles. The van der Waals surface area contributed by atoms with Crippen LogP contribution < -0.4 is 5.32 Å². The smallest absolute Gasteiger partial charge is 0.233 e. The summed E-state index contributed by atoms with van der Waals surface area (Å²) in [4.78, 5) is 4.64. The van der Waals surface area contributed by atoms with Gasteiger partial charge in [0.25, 0.3) is 0 Å². The molecule has 0 aliphatic carbocycles. The van der Waals surface area contributed by atoms with E-state index >= 15 is 0 Å². The summed E-state index contributed by atoms with van der Waals surface area (Å²) in [5.74, 6) is 1.50. The molecular weight excluding hydrogens is 242 g/mol. The number of methoxy groups -OCH3 is 1. The first-order chi connectivity index (χ1) is 9.25. The zero-order valence-corrected chi connectivity index (χ0v) is 12.2. The molecule has 1 aromatic heterocycles. The van der Waals surface area contributed by atoms with Gasteiger partial charge in [0.1, 0.15) is 6.10 Å². The van der Waals surface area contributed by atoms with Gasteiger partial charge >= 0.3 is 0 Å². The summed E-state index contributed by atoms with van der Waals surface area (Å²) in [6, 6.07) is 0. The van der Waals surface area contributed by atoms with Crippen LogP contribution in [0.25, 0.3) is 0 Å². The molecule has 1 aliphatic heterocycles. The Morgan fingerprint density at radius 1 is 1.37 bits per heavy atom. The van der Waals surface area contributed by atoms with E-state index in [1.165, 1.54) is 0 Å². The maximum absolute atomic E-state index is 5.56. The Kier molecular flexibility index (Phi) is 4.93. The van der Waals surface area contributed by atoms with Crippen molar-refractivity contribution < 1.29 is 9.26 Å². The fourth-order valence-corrected chi connectivity index (χ4v) is 2.82. The summed E-state index contributed by atoms with van der Waals surface area (Å²) in [6.07, 6.45) is 5.11. The van der Waals surface area contributed by atoms with Gasteiger partial charge in [0, 0.05) is 7.11 Å². The second-order valence-corrected chi connectivity index (χ2v) is 5.35. The number of aromatic nitrogens is 2. The van der Waals surface area contributed by atoms with Gasteiger partial charge in [-0.1, -0.05) is 25.4 Å². The van der Waals surface area contributed by atoms with Crippen molar-refractivity contribution in [2.24, 2.45) is 0 Å². The maximum atomic E-state index is 5.56. The predicted molar refractivity (Wildman–Crippen MR) is 73.0 cm³/mol. The van der Waals surface area contributed by atoms with E-state index in [9.17, 15) is 0 Å². The van der Waals surface area contributed by atoms with Gasteiger partial charge in [-0.25, -0.2) is 0 Å². The molecule has 2 rings (SSSR count). The Hall–Kier alpha value is -0.940. The van der Waals surface area contributed by atoms with Crippen LogP contribution in [0.15, 0.2) is 4.52 Å². The first-order valence-electron chi connectivity index (χ1n) is 7.33. The van der Waals surface area contributed by atoms with Gasteiger partial charge in [0.2, 0.25) is 11.7 Å². The molecule has 1 atom stereocenters. The minimum atomic E-state index is -0.0434. The molecule has 1 saturated heterocycles. The topological polar surface area (TPSA) is 60.2 Å². The number of hydrogen-bond donors (Lipinski definition) is 1. The van der Waals surface area contributed by atoms with Crippen molar-refractivity contribution in [1.82, 2.24) is 15.5 Å². The van der Waals surface area contributed by atoms with Crippen molar-refractivity contribution in [3.05, 3.63) is 11.7 Å². The second-order valence-electron chi connectivity index (χ2n) is 5.35. The lowest BCUT2D eigenvalue weighted by Gasteiger charge is -2.33. The summed E-state index contributed by atoms with van der Waals surface area (Å²) >= 11 is 0. The summed E-state index contributed by atoms with van der Waals surface area (Å²) in [6.45, 7) is 6.38. The highest BCUT2D eigenvalue weighted by molar-refractivity contribution is 5.08. The largest absolute Gasteiger partial charge is 0.373 e.